The van der Waals surface area contributed by atoms with Gasteiger partial charge in [0.25, 0.3) is 0 Å². The molecule has 2 saturated heterocycles. The first-order valence-corrected chi connectivity index (χ1v) is 13.2. The van der Waals surface area contributed by atoms with Gasteiger partial charge in [0.1, 0.15) is 5.82 Å². The Morgan fingerprint density at radius 1 is 1.05 bits per heavy atom. The van der Waals surface area contributed by atoms with Gasteiger partial charge in [-0.15, -0.1) is 0 Å². The van der Waals surface area contributed by atoms with Crippen LogP contribution in [0.1, 0.15) is 53.6 Å². The van der Waals surface area contributed by atoms with Gasteiger partial charge in [0.2, 0.25) is 0 Å². The van der Waals surface area contributed by atoms with E-state index in [-0.39, 0.29) is 44.9 Å². The summed E-state index contributed by atoms with van der Waals surface area (Å²) in [5, 5.41) is 10.0. The van der Waals surface area contributed by atoms with Crippen molar-refractivity contribution in [2.45, 2.75) is 50.9 Å². The number of hydrogen-bond donors (Lipinski definition) is 1. The summed E-state index contributed by atoms with van der Waals surface area (Å²) in [5.74, 6) is -2.09. The van der Waals surface area contributed by atoms with Gasteiger partial charge in [0.05, 0.1) is 27.4 Å². The maximum absolute atomic E-state index is 14.4. The molecule has 1 N–H and O–H groups in total. The number of pyridine rings is 1. The normalized spacial score (nSPS) is 18.2. The fourth-order valence-electron chi connectivity index (χ4n) is 5.73. The molecule has 5 rings (SSSR count). The number of likely N-dealkylation sites (tertiary alicyclic amines) is 2. The van der Waals surface area contributed by atoms with E-state index in [1.807, 2.05) is 0 Å². The molecule has 0 atom stereocenters. The first kappa shape index (κ1) is 26.8. The topological polar surface area (TPSA) is 56.7 Å². The van der Waals surface area contributed by atoms with E-state index < -0.39 is 23.5 Å². The fourth-order valence-corrected chi connectivity index (χ4v) is 5.89. The number of carbonyl (C=O) groups is 1. The molecule has 0 radical (unpaired) electrons. The zero-order valence-electron chi connectivity index (χ0n) is 20.7. The van der Waals surface area contributed by atoms with Crippen LogP contribution in [0.5, 0.6) is 0 Å². The average Bonchev–Trinajstić information content (AvgIpc) is 2.89. The van der Waals surface area contributed by atoms with Crippen LogP contribution in [-0.4, -0.2) is 58.1 Å². The molecule has 1 aromatic heterocycles. The number of hydrogen-bond acceptors (Lipinski definition) is 4. The Morgan fingerprint density at radius 2 is 1.76 bits per heavy atom. The molecule has 5 nitrogen and oxygen atoms in total. The molecule has 202 valence electrons. The smallest absolute Gasteiger partial charge is 0.416 e. The van der Waals surface area contributed by atoms with Crippen LogP contribution in [0, 0.1) is 5.82 Å². The third kappa shape index (κ3) is 5.51. The second-order valence-electron chi connectivity index (χ2n) is 10.1. The molecule has 0 saturated carbocycles. The van der Waals surface area contributed by atoms with E-state index in [1.165, 1.54) is 37.5 Å². The number of carboxylic acids is 1. The summed E-state index contributed by atoms with van der Waals surface area (Å²) in [6, 6.07) is 7.40. The largest absolute Gasteiger partial charge is 0.478 e. The molecule has 2 aliphatic rings. The summed E-state index contributed by atoms with van der Waals surface area (Å²) in [7, 11) is 0. The molecule has 3 aromatic rings. The van der Waals surface area contributed by atoms with Crippen molar-refractivity contribution in [2.75, 3.05) is 26.2 Å². The quantitative estimate of drug-likeness (QED) is 0.352. The molecule has 0 bridgehead atoms. The number of alkyl halides is 3. The van der Waals surface area contributed by atoms with E-state index in [0.29, 0.717) is 6.04 Å². The first-order valence-electron chi connectivity index (χ1n) is 12.8. The number of nitrogens with zero attached hydrogens (tertiary/aromatic N) is 3. The van der Waals surface area contributed by atoms with Crippen molar-refractivity contribution in [3.05, 3.63) is 63.9 Å². The second-order valence-corrected chi connectivity index (χ2v) is 10.5. The van der Waals surface area contributed by atoms with Crippen LogP contribution >= 0.6 is 11.6 Å². The Labute approximate surface area is 223 Å². The number of aromatic nitrogens is 1. The SMILES string of the molecule is O=C(O)c1c(CN2CCC(N3CCCCC3)CC2)c(-c2cccc(C(F)(F)F)c2)nc2cc(Cl)c(F)cc12. The predicted molar refractivity (Wildman–Crippen MR) is 138 cm³/mol. The molecule has 2 fully saturated rings. The zero-order chi connectivity index (χ0) is 27.0. The summed E-state index contributed by atoms with van der Waals surface area (Å²) in [6.07, 6.45) is 0.925. The summed E-state index contributed by atoms with van der Waals surface area (Å²) < 4.78 is 55.0. The van der Waals surface area contributed by atoms with Crippen LogP contribution in [0.2, 0.25) is 5.02 Å². The maximum Gasteiger partial charge on any atom is 0.416 e. The van der Waals surface area contributed by atoms with Crippen LogP contribution in [-0.2, 0) is 12.7 Å². The van der Waals surface area contributed by atoms with E-state index in [4.69, 9.17) is 11.6 Å². The Bertz CT molecular complexity index is 1350. The second kappa shape index (κ2) is 10.8. The van der Waals surface area contributed by atoms with Gasteiger partial charge in [-0.25, -0.2) is 14.2 Å². The number of benzene rings is 2. The number of fused-ring (bicyclic) bond motifs is 1. The van der Waals surface area contributed by atoms with Crippen LogP contribution in [0.25, 0.3) is 22.2 Å². The minimum atomic E-state index is -4.58. The first-order chi connectivity index (χ1) is 18.1. The van der Waals surface area contributed by atoms with Gasteiger partial charge in [-0.2, -0.15) is 13.2 Å². The summed E-state index contributed by atoms with van der Waals surface area (Å²) in [4.78, 5) is 21.7. The molecule has 10 heteroatoms. The maximum atomic E-state index is 14.4. The van der Waals surface area contributed by atoms with Crippen molar-refractivity contribution in [3.8, 4) is 11.3 Å². The molecule has 3 heterocycles. The van der Waals surface area contributed by atoms with Gasteiger partial charge in [-0.1, -0.05) is 30.2 Å². The Balaban J connectivity index is 1.57. The van der Waals surface area contributed by atoms with Gasteiger partial charge in [-0.05, 0) is 76.1 Å². The van der Waals surface area contributed by atoms with Crippen LogP contribution in [0.3, 0.4) is 0 Å². The third-order valence-electron chi connectivity index (χ3n) is 7.65. The summed E-state index contributed by atoms with van der Waals surface area (Å²) >= 11 is 5.95. The van der Waals surface area contributed by atoms with Gasteiger partial charge in [0, 0.05) is 29.1 Å². The molecule has 0 unspecified atom stereocenters. The van der Waals surface area contributed by atoms with Crippen molar-refractivity contribution >= 4 is 28.5 Å². The lowest BCUT2D eigenvalue weighted by Crippen LogP contribution is -2.46. The highest BCUT2D eigenvalue weighted by molar-refractivity contribution is 6.31. The van der Waals surface area contributed by atoms with Gasteiger partial charge < -0.3 is 10.0 Å². The highest BCUT2D eigenvalue weighted by Crippen LogP contribution is 2.37. The standard InChI is InChI=1S/C28H28ClF4N3O2/c29-22-15-24-20(14-23(22)30)25(27(37)38)21(26(34-24)17-5-4-6-18(13-17)28(31,32)33)16-35-11-7-19(8-12-35)36-9-2-1-3-10-36/h4-6,13-15,19H,1-3,7-12,16H2,(H,37,38). The highest BCUT2D eigenvalue weighted by Gasteiger charge is 2.32. The number of carboxylic acid groups (broad SMARTS) is 1. The van der Waals surface area contributed by atoms with E-state index in [1.54, 1.807) is 0 Å². The molecule has 2 aromatic carbocycles. The van der Waals surface area contributed by atoms with Gasteiger partial charge in [0.15, 0.2) is 0 Å². The minimum Gasteiger partial charge on any atom is -0.478 e. The molecule has 0 aliphatic carbocycles. The Hall–Kier alpha value is -2.75. The Morgan fingerprint density at radius 3 is 2.42 bits per heavy atom. The lowest BCUT2D eigenvalue weighted by molar-refractivity contribution is -0.137. The number of halogens is 5. The lowest BCUT2D eigenvalue weighted by atomic mass is 9.94. The summed E-state index contributed by atoms with van der Waals surface area (Å²) in [5.41, 5.74) is -0.392. The summed E-state index contributed by atoms with van der Waals surface area (Å²) in [6.45, 7) is 3.80. The molecule has 0 amide bonds. The number of rotatable bonds is 5. The molecular formula is C28H28ClF4N3O2. The lowest BCUT2D eigenvalue weighted by Gasteiger charge is -2.40. The predicted octanol–water partition coefficient (Wildman–Crippen LogP) is 6.86. The van der Waals surface area contributed by atoms with E-state index in [2.05, 4.69) is 14.8 Å². The van der Waals surface area contributed by atoms with Crippen molar-refractivity contribution in [1.82, 2.24) is 14.8 Å². The van der Waals surface area contributed by atoms with Crippen molar-refractivity contribution in [1.29, 1.82) is 0 Å². The number of piperidine rings is 2. The van der Waals surface area contributed by atoms with Crippen molar-refractivity contribution < 1.29 is 27.5 Å². The van der Waals surface area contributed by atoms with E-state index >= 15 is 0 Å². The highest BCUT2D eigenvalue weighted by atomic mass is 35.5. The molecule has 0 spiro atoms. The average molecular weight is 550 g/mol. The molecule has 2 aliphatic heterocycles. The van der Waals surface area contributed by atoms with E-state index in [0.717, 1.165) is 57.2 Å². The van der Waals surface area contributed by atoms with E-state index in [9.17, 15) is 27.5 Å². The minimum absolute atomic E-state index is 0.0633. The fraction of sp³-hybridized carbons (Fsp3) is 0.429. The van der Waals surface area contributed by atoms with Gasteiger partial charge >= 0.3 is 12.1 Å². The van der Waals surface area contributed by atoms with Crippen LogP contribution < -0.4 is 0 Å². The van der Waals surface area contributed by atoms with Crippen molar-refractivity contribution in [3.63, 3.8) is 0 Å². The molecule has 38 heavy (non-hydrogen) atoms. The zero-order valence-corrected chi connectivity index (χ0v) is 21.5. The Kier molecular flexibility index (Phi) is 7.62. The van der Waals surface area contributed by atoms with Gasteiger partial charge in [-0.3, -0.25) is 4.90 Å². The third-order valence-corrected chi connectivity index (χ3v) is 7.94. The van der Waals surface area contributed by atoms with Crippen LogP contribution in [0.4, 0.5) is 17.6 Å². The van der Waals surface area contributed by atoms with Crippen LogP contribution in [0.15, 0.2) is 36.4 Å². The molecular weight excluding hydrogens is 522 g/mol. The monoisotopic (exact) mass is 549 g/mol. The number of aromatic carboxylic acids is 1. The van der Waals surface area contributed by atoms with Crippen molar-refractivity contribution in [2.24, 2.45) is 0 Å².